The molecule has 0 radical (unpaired) electrons. The highest BCUT2D eigenvalue weighted by Crippen LogP contribution is 2.37. The smallest absolute Gasteiger partial charge is 0.147 e. The molecule has 4 rings (SSSR count). The topological polar surface area (TPSA) is 58.0 Å². The van der Waals surface area contributed by atoms with Crippen LogP contribution in [0.1, 0.15) is 17.2 Å². The average molecular weight is 381 g/mol. The van der Waals surface area contributed by atoms with Gasteiger partial charge in [-0.2, -0.15) is 0 Å². The summed E-state index contributed by atoms with van der Waals surface area (Å²) in [7, 11) is 0. The molecule has 2 aromatic heterocycles. The van der Waals surface area contributed by atoms with Gasteiger partial charge in [0.25, 0.3) is 0 Å². The number of hydrogen-bond acceptors (Lipinski definition) is 4. The van der Waals surface area contributed by atoms with Crippen LogP contribution in [0, 0.1) is 17.5 Å². The highest BCUT2D eigenvalue weighted by atomic mass is 19.1. The average Bonchev–Trinajstić information content (AvgIpc) is 2.69. The lowest BCUT2D eigenvalue weighted by Gasteiger charge is -2.22. The van der Waals surface area contributed by atoms with Gasteiger partial charge in [0.1, 0.15) is 34.5 Å². The first-order valence-corrected chi connectivity index (χ1v) is 8.42. The van der Waals surface area contributed by atoms with Crippen molar-refractivity contribution in [2.75, 3.05) is 5.32 Å². The number of halogens is 3. The van der Waals surface area contributed by atoms with Crippen LogP contribution >= 0.6 is 0 Å². The number of rotatable bonds is 4. The molecule has 0 spiro atoms. The van der Waals surface area contributed by atoms with E-state index in [-0.39, 0.29) is 17.1 Å². The summed E-state index contributed by atoms with van der Waals surface area (Å²) in [6, 6.07) is 11.7. The summed E-state index contributed by atoms with van der Waals surface area (Å²) < 4.78 is 41.1. The number of benzene rings is 2. The highest BCUT2D eigenvalue weighted by Gasteiger charge is 2.23. The maximum atomic E-state index is 14.5. The zero-order valence-electron chi connectivity index (χ0n) is 14.4. The number of phenolic OH excluding ortho intramolecular Hbond substituents is 1. The third-order valence-corrected chi connectivity index (χ3v) is 4.38. The second-order valence-corrected chi connectivity index (χ2v) is 6.18. The first-order chi connectivity index (χ1) is 13.5. The van der Waals surface area contributed by atoms with Crippen LogP contribution in [0.4, 0.5) is 19.0 Å². The molecule has 2 heterocycles. The number of phenols is 1. The lowest BCUT2D eigenvalue weighted by atomic mass is 9.95. The summed E-state index contributed by atoms with van der Waals surface area (Å²) in [6.45, 7) is 0. The molecule has 4 nitrogen and oxygen atoms in total. The molecule has 4 aromatic rings. The van der Waals surface area contributed by atoms with Gasteiger partial charge < -0.3 is 10.4 Å². The summed E-state index contributed by atoms with van der Waals surface area (Å²) in [4.78, 5) is 8.10. The van der Waals surface area contributed by atoms with Crippen molar-refractivity contribution in [3.63, 3.8) is 0 Å². The Labute approximate surface area is 158 Å². The number of nitrogens with one attached hydrogen (secondary N) is 1. The molecule has 1 unspecified atom stereocenters. The van der Waals surface area contributed by atoms with Crippen LogP contribution in [0.5, 0.6) is 5.75 Å². The van der Waals surface area contributed by atoms with Crippen LogP contribution < -0.4 is 5.32 Å². The molecule has 0 bridgehead atoms. The zero-order valence-corrected chi connectivity index (χ0v) is 14.4. The predicted molar refractivity (Wildman–Crippen MR) is 99.4 cm³/mol. The highest BCUT2D eigenvalue weighted by molar-refractivity contribution is 5.86. The molecule has 0 fully saturated rings. The van der Waals surface area contributed by atoms with Gasteiger partial charge in [-0.3, -0.25) is 4.98 Å². The van der Waals surface area contributed by atoms with Crippen LogP contribution in [-0.2, 0) is 0 Å². The van der Waals surface area contributed by atoms with Gasteiger partial charge in [0.15, 0.2) is 0 Å². The van der Waals surface area contributed by atoms with Gasteiger partial charge in [0.05, 0.1) is 12.2 Å². The van der Waals surface area contributed by atoms with E-state index in [1.165, 1.54) is 24.4 Å². The summed E-state index contributed by atoms with van der Waals surface area (Å²) in [5.41, 5.74) is 0.766. The number of fused-ring (bicyclic) bond motifs is 1. The molecule has 140 valence electrons. The molecular formula is C21H14F3N3O. The number of aromatic nitrogens is 2. The SMILES string of the molecule is Oc1c(C(Nc2ccc(F)cn2)c2ccc(F)cc2F)ccc2cccnc12. The van der Waals surface area contributed by atoms with Crippen LogP contribution in [0.2, 0.25) is 0 Å². The molecule has 2 aromatic carbocycles. The molecular weight excluding hydrogens is 367 g/mol. The quantitative estimate of drug-likeness (QED) is 0.525. The largest absolute Gasteiger partial charge is 0.505 e. The summed E-state index contributed by atoms with van der Waals surface area (Å²) in [5.74, 6) is -1.91. The van der Waals surface area contributed by atoms with Crippen molar-refractivity contribution in [3.05, 3.63) is 95.6 Å². The molecule has 0 aliphatic carbocycles. The van der Waals surface area contributed by atoms with Crippen molar-refractivity contribution >= 4 is 16.7 Å². The van der Waals surface area contributed by atoms with E-state index in [2.05, 4.69) is 15.3 Å². The van der Waals surface area contributed by atoms with Crippen molar-refractivity contribution in [1.82, 2.24) is 9.97 Å². The maximum absolute atomic E-state index is 14.5. The first kappa shape index (κ1) is 17.8. The monoisotopic (exact) mass is 381 g/mol. The van der Waals surface area contributed by atoms with Gasteiger partial charge in [-0.1, -0.05) is 24.3 Å². The minimum absolute atomic E-state index is 0.0955. The fourth-order valence-corrected chi connectivity index (χ4v) is 3.05. The minimum atomic E-state index is -0.912. The minimum Gasteiger partial charge on any atom is -0.505 e. The zero-order chi connectivity index (χ0) is 19.7. The van der Waals surface area contributed by atoms with Crippen LogP contribution in [0.3, 0.4) is 0 Å². The number of anilines is 1. The van der Waals surface area contributed by atoms with E-state index >= 15 is 0 Å². The fourth-order valence-electron chi connectivity index (χ4n) is 3.05. The Morgan fingerprint density at radius 2 is 1.64 bits per heavy atom. The fraction of sp³-hybridized carbons (Fsp3) is 0.0476. The Bertz CT molecular complexity index is 1150. The number of nitrogens with zero attached hydrogens (tertiary/aromatic N) is 2. The van der Waals surface area contributed by atoms with Crippen LogP contribution in [0.15, 0.2) is 67.0 Å². The van der Waals surface area contributed by atoms with E-state index in [9.17, 15) is 18.3 Å². The van der Waals surface area contributed by atoms with Gasteiger partial charge >= 0.3 is 0 Å². The summed E-state index contributed by atoms with van der Waals surface area (Å²) >= 11 is 0. The van der Waals surface area contributed by atoms with Crippen molar-refractivity contribution in [1.29, 1.82) is 0 Å². The van der Waals surface area contributed by atoms with Crippen LogP contribution in [0.25, 0.3) is 10.9 Å². The van der Waals surface area contributed by atoms with Crippen molar-refractivity contribution in [2.45, 2.75) is 6.04 Å². The Hall–Kier alpha value is -3.61. The van der Waals surface area contributed by atoms with E-state index in [1.807, 2.05) is 0 Å². The van der Waals surface area contributed by atoms with Gasteiger partial charge in [-0.05, 0) is 24.3 Å². The molecule has 0 saturated carbocycles. The van der Waals surface area contributed by atoms with E-state index in [1.54, 1.807) is 24.3 Å². The molecule has 0 aliphatic heterocycles. The Morgan fingerprint density at radius 3 is 2.39 bits per heavy atom. The lowest BCUT2D eigenvalue weighted by molar-refractivity contribution is 0.470. The molecule has 0 saturated heterocycles. The molecule has 7 heteroatoms. The number of hydrogen-bond donors (Lipinski definition) is 2. The molecule has 0 aliphatic rings. The van der Waals surface area contributed by atoms with E-state index in [4.69, 9.17) is 0 Å². The van der Waals surface area contributed by atoms with Gasteiger partial charge in [-0.15, -0.1) is 0 Å². The summed E-state index contributed by atoms with van der Waals surface area (Å²) in [6.07, 6.45) is 2.55. The molecule has 28 heavy (non-hydrogen) atoms. The lowest BCUT2D eigenvalue weighted by Crippen LogP contribution is -2.15. The number of pyridine rings is 2. The second-order valence-electron chi connectivity index (χ2n) is 6.18. The van der Waals surface area contributed by atoms with E-state index in [0.717, 1.165) is 18.3 Å². The van der Waals surface area contributed by atoms with Gasteiger partial charge in [0, 0.05) is 28.8 Å². The molecule has 2 N–H and O–H groups in total. The Balaban J connectivity index is 1.87. The Kier molecular flexibility index (Phi) is 4.57. The Morgan fingerprint density at radius 1 is 0.857 bits per heavy atom. The second kappa shape index (κ2) is 7.19. The predicted octanol–water partition coefficient (Wildman–Crippen LogP) is 4.95. The van der Waals surface area contributed by atoms with Crippen molar-refractivity contribution < 1.29 is 18.3 Å². The first-order valence-electron chi connectivity index (χ1n) is 8.42. The third kappa shape index (κ3) is 3.34. The third-order valence-electron chi connectivity index (χ3n) is 4.38. The van der Waals surface area contributed by atoms with Crippen LogP contribution in [-0.4, -0.2) is 15.1 Å². The van der Waals surface area contributed by atoms with Crippen molar-refractivity contribution in [3.8, 4) is 5.75 Å². The standard InChI is InChI=1S/C21H14F3N3O/c22-13-4-7-15(17(24)10-13)20(27-18-8-5-14(23)11-26-18)16-6-3-12-2-1-9-25-19(12)21(16)28/h1-11,20,28H,(H,26,27). The van der Waals surface area contributed by atoms with Crippen molar-refractivity contribution in [2.24, 2.45) is 0 Å². The van der Waals surface area contributed by atoms with Gasteiger partial charge in [0.2, 0.25) is 0 Å². The maximum Gasteiger partial charge on any atom is 0.147 e. The molecule has 0 amide bonds. The normalized spacial score (nSPS) is 12.1. The summed E-state index contributed by atoms with van der Waals surface area (Å²) in [5, 5.41) is 14.5. The van der Waals surface area contributed by atoms with E-state index < -0.39 is 23.5 Å². The van der Waals surface area contributed by atoms with Gasteiger partial charge in [-0.25, -0.2) is 18.2 Å². The van der Waals surface area contributed by atoms with E-state index in [0.29, 0.717) is 16.5 Å². The molecule has 1 atom stereocenters. The number of aromatic hydroxyl groups is 1.